The molecule has 1 aromatic rings. The molecular formula is C15H24N2O3S. The molecule has 1 aliphatic rings. The highest BCUT2D eigenvalue weighted by Gasteiger charge is 2.32. The molecule has 1 saturated heterocycles. The summed E-state index contributed by atoms with van der Waals surface area (Å²) in [5, 5.41) is 3.30. The fraction of sp³-hybridized carbons (Fsp3) is 0.600. The van der Waals surface area contributed by atoms with Gasteiger partial charge in [-0.3, -0.25) is 0 Å². The molecule has 118 valence electrons. The van der Waals surface area contributed by atoms with Crippen LogP contribution in [0.15, 0.2) is 29.2 Å². The molecule has 2 atom stereocenters. The molecule has 6 heteroatoms. The summed E-state index contributed by atoms with van der Waals surface area (Å²) in [6.45, 7) is 5.87. The number of nitrogens with one attached hydrogen (secondary N) is 1. The van der Waals surface area contributed by atoms with Crippen LogP contribution in [-0.4, -0.2) is 45.6 Å². The second kappa shape index (κ2) is 6.87. The summed E-state index contributed by atoms with van der Waals surface area (Å²) in [6, 6.07) is 7.32. The van der Waals surface area contributed by atoms with Gasteiger partial charge in [0.1, 0.15) is 0 Å². The van der Waals surface area contributed by atoms with Gasteiger partial charge in [0, 0.05) is 26.2 Å². The van der Waals surface area contributed by atoms with Crippen molar-refractivity contribution in [1.82, 2.24) is 9.62 Å². The van der Waals surface area contributed by atoms with Crippen LogP contribution in [0.2, 0.25) is 0 Å². The third-order valence-electron chi connectivity index (χ3n) is 3.95. The van der Waals surface area contributed by atoms with E-state index in [0.717, 1.165) is 18.5 Å². The largest absolute Gasteiger partial charge is 0.380 e. The third-order valence-corrected chi connectivity index (χ3v) is 5.81. The number of hydrogen-bond donors (Lipinski definition) is 1. The van der Waals surface area contributed by atoms with Gasteiger partial charge in [-0.2, -0.15) is 4.31 Å². The topological polar surface area (TPSA) is 58.6 Å². The average molecular weight is 312 g/mol. The van der Waals surface area contributed by atoms with Gasteiger partial charge in [0.05, 0.1) is 11.0 Å². The van der Waals surface area contributed by atoms with Crippen LogP contribution < -0.4 is 5.32 Å². The number of rotatable bonds is 6. The first kappa shape index (κ1) is 16.4. The van der Waals surface area contributed by atoms with E-state index in [4.69, 9.17) is 4.74 Å². The zero-order valence-corrected chi connectivity index (χ0v) is 13.7. The van der Waals surface area contributed by atoms with Gasteiger partial charge in [0.25, 0.3) is 0 Å². The first-order valence-corrected chi connectivity index (χ1v) is 8.79. The Morgan fingerprint density at radius 2 is 2.24 bits per heavy atom. The minimum absolute atomic E-state index is 0.00337. The lowest BCUT2D eigenvalue weighted by Gasteiger charge is -2.18. The zero-order valence-electron chi connectivity index (χ0n) is 12.9. The van der Waals surface area contributed by atoms with E-state index < -0.39 is 10.0 Å². The fourth-order valence-electron chi connectivity index (χ4n) is 2.63. The van der Waals surface area contributed by atoms with Crippen LogP contribution in [-0.2, 0) is 14.8 Å². The molecule has 2 rings (SSSR count). The highest BCUT2D eigenvalue weighted by Crippen LogP contribution is 2.24. The smallest absolute Gasteiger partial charge is 0.243 e. The van der Waals surface area contributed by atoms with Crippen molar-refractivity contribution in [3.05, 3.63) is 29.8 Å². The predicted molar refractivity (Wildman–Crippen MR) is 82.7 cm³/mol. The number of hydrogen-bond acceptors (Lipinski definition) is 4. The van der Waals surface area contributed by atoms with Gasteiger partial charge in [-0.25, -0.2) is 8.42 Å². The first-order valence-electron chi connectivity index (χ1n) is 7.35. The Morgan fingerprint density at radius 1 is 1.48 bits per heavy atom. The Morgan fingerprint density at radius 3 is 2.86 bits per heavy atom. The van der Waals surface area contributed by atoms with Gasteiger partial charge in [-0.1, -0.05) is 19.1 Å². The quantitative estimate of drug-likeness (QED) is 0.870. The van der Waals surface area contributed by atoms with Crippen LogP contribution in [0.3, 0.4) is 0 Å². The summed E-state index contributed by atoms with van der Waals surface area (Å²) in [5.74, 6) is 0. The van der Waals surface area contributed by atoms with Crippen molar-refractivity contribution >= 4 is 10.0 Å². The normalized spacial score (nSPS) is 21.6. The highest BCUT2D eigenvalue weighted by atomic mass is 32.2. The Bertz CT molecular complexity index is 574. The Kier molecular flexibility index (Phi) is 5.37. The Hall–Kier alpha value is -0.950. The van der Waals surface area contributed by atoms with Crippen LogP contribution in [0.4, 0.5) is 0 Å². The van der Waals surface area contributed by atoms with Gasteiger partial charge >= 0.3 is 0 Å². The van der Waals surface area contributed by atoms with E-state index in [0.29, 0.717) is 18.0 Å². The lowest BCUT2D eigenvalue weighted by molar-refractivity contribution is 0.115. The molecule has 0 radical (unpaired) electrons. The predicted octanol–water partition coefficient (Wildman–Crippen LogP) is 1.77. The molecule has 0 aromatic heterocycles. The summed E-state index contributed by atoms with van der Waals surface area (Å²) < 4.78 is 32.1. The van der Waals surface area contributed by atoms with Crippen molar-refractivity contribution in [2.75, 3.05) is 26.7 Å². The molecule has 0 saturated carbocycles. The molecular weight excluding hydrogens is 288 g/mol. The van der Waals surface area contributed by atoms with Gasteiger partial charge in [-0.05, 0) is 37.6 Å². The number of benzene rings is 1. The number of nitrogens with zero attached hydrogens (tertiary/aromatic N) is 1. The third kappa shape index (κ3) is 3.63. The maximum Gasteiger partial charge on any atom is 0.243 e. The molecule has 2 unspecified atom stereocenters. The maximum atomic E-state index is 12.7. The zero-order chi connectivity index (χ0) is 15.5. The monoisotopic (exact) mass is 312 g/mol. The van der Waals surface area contributed by atoms with Crippen molar-refractivity contribution in [1.29, 1.82) is 0 Å². The Labute approximate surface area is 127 Å². The van der Waals surface area contributed by atoms with E-state index in [1.165, 1.54) is 4.31 Å². The average Bonchev–Trinajstić information content (AvgIpc) is 2.97. The molecule has 1 aromatic carbocycles. The van der Waals surface area contributed by atoms with Crippen molar-refractivity contribution in [2.24, 2.45) is 0 Å². The maximum absolute atomic E-state index is 12.7. The van der Waals surface area contributed by atoms with Gasteiger partial charge in [0.2, 0.25) is 10.0 Å². The molecule has 1 aliphatic heterocycles. The van der Waals surface area contributed by atoms with Crippen LogP contribution in [0, 0.1) is 0 Å². The molecule has 0 aliphatic carbocycles. The molecule has 0 amide bonds. The second-order valence-corrected chi connectivity index (χ2v) is 7.30. The minimum Gasteiger partial charge on any atom is -0.380 e. The number of methoxy groups -OCH3 is 1. The van der Waals surface area contributed by atoms with E-state index in [1.807, 2.05) is 19.9 Å². The van der Waals surface area contributed by atoms with Gasteiger partial charge in [-0.15, -0.1) is 0 Å². The summed E-state index contributed by atoms with van der Waals surface area (Å²) in [5.41, 5.74) is 0.986. The van der Waals surface area contributed by atoms with E-state index in [9.17, 15) is 8.42 Å². The first-order chi connectivity index (χ1) is 9.98. The Balaban J connectivity index is 2.22. The molecule has 0 bridgehead atoms. The van der Waals surface area contributed by atoms with Crippen LogP contribution in [0.25, 0.3) is 0 Å². The van der Waals surface area contributed by atoms with Crippen LogP contribution in [0.1, 0.15) is 31.9 Å². The van der Waals surface area contributed by atoms with Gasteiger partial charge in [0.15, 0.2) is 0 Å². The SMILES string of the molecule is CCNC(C)c1cccc(S(=O)(=O)N2CCC(OC)C2)c1. The number of sulfonamides is 1. The van der Waals surface area contributed by atoms with E-state index in [-0.39, 0.29) is 12.1 Å². The van der Waals surface area contributed by atoms with E-state index >= 15 is 0 Å². The lowest BCUT2D eigenvalue weighted by atomic mass is 10.1. The summed E-state index contributed by atoms with van der Waals surface area (Å²) in [4.78, 5) is 0.363. The van der Waals surface area contributed by atoms with E-state index in [1.54, 1.807) is 25.3 Å². The van der Waals surface area contributed by atoms with Gasteiger partial charge < -0.3 is 10.1 Å². The summed E-state index contributed by atoms with van der Waals surface area (Å²) >= 11 is 0. The molecule has 1 heterocycles. The minimum atomic E-state index is -3.43. The standard InChI is InChI=1S/C15H24N2O3S/c1-4-16-12(2)13-6-5-7-15(10-13)21(18,19)17-9-8-14(11-17)20-3/h5-7,10,12,14,16H,4,8-9,11H2,1-3H3. The molecule has 21 heavy (non-hydrogen) atoms. The number of ether oxygens (including phenoxy) is 1. The summed E-state index contributed by atoms with van der Waals surface area (Å²) in [6.07, 6.45) is 0.757. The molecule has 1 fully saturated rings. The van der Waals surface area contributed by atoms with Crippen molar-refractivity contribution < 1.29 is 13.2 Å². The second-order valence-electron chi connectivity index (χ2n) is 5.36. The van der Waals surface area contributed by atoms with Crippen molar-refractivity contribution in [2.45, 2.75) is 37.3 Å². The van der Waals surface area contributed by atoms with Crippen LogP contribution >= 0.6 is 0 Å². The van der Waals surface area contributed by atoms with Crippen LogP contribution in [0.5, 0.6) is 0 Å². The highest BCUT2D eigenvalue weighted by molar-refractivity contribution is 7.89. The van der Waals surface area contributed by atoms with Crippen molar-refractivity contribution in [3.63, 3.8) is 0 Å². The summed E-state index contributed by atoms with van der Waals surface area (Å²) in [7, 11) is -1.80. The molecule has 5 nitrogen and oxygen atoms in total. The lowest BCUT2D eigenvalue weighted by Crippen LogP contribution is -2.30. The van der Waals surface area contributed by atoms with Crippen molar-refractivity contribution in [3.8, 4) is 0 Å². The molecule has 0 spiro atoms. The van der Waals surface area contributed by atoms with E-state index in [2.05, 4.69) is 5.32 Å². The molecule has 1 N–H and O–H groups in total. The fourth-order valence-corrected chi connectivity index (χ4v) is 4.17.